The van der Waals surface area contributed by atoms with Crippen LogP contribution in [0.15, 0.2) is 40.2 Å². The van der Waals surface area contributed by atoms with E-state index in [1.54, 1.807) is 22.4 Å². The van der Waals surface area contributed by atoms with Gasteiger partial charge in [0, 0.05) is 18.7 Å². The zero-order valence-electron chi connectivity index (χ0n) is 17.0. The molecular weight excluding hydrogens is 443 g/mol. The summed E-state index contributed by atoms with van der Waals surface area (Å²) in [6.45, 7) is 2.41. The van der Waals surface area contributed by atoms with Crippen molar-refractivity contribution >= 4 is 22.9 Å². The van der Waals surface area contributed by atoms with Gasteiger partial charge >= 0.3 is 6.18 Å². The Morgan fingerprint density at radius 3 is 2.84 bits per heavy atom. The zero-order chi connectivity index (χ0) is 22.5. The van der Waals surface area contributed by atoms with E-state index >= 15 is 0 Å². The molecular formula is C21H18F3N5O2S. The molecule has 0 radical (unpaired) electrons. The van der Waals surface area contributed by atoms with Gasteiger partial charge in [0.1, 0.15) is 0 Å². The number of carbonyl (C=O) groups excluding carboxylic acids is 1. The summed E-state index contributed by atoms with van der Waals surface area (Å²) in [5.74, 6) is 0.115. The van der Waals surface area contributed by atoms with E-state index in [1.807, 2.05) is 13.0 Å². The van der Waals surface area contributed by atoms with Crippen molar-refractivity contribution in [3.8, 4) is 10.6 Å². The van der Waals surface area contributed by atoms with Gasteiger partial charge in [0.2, 0.25) is 0 Å². The summed E-state index contributed by atoms with van der Waals surface area (Å²) in [6, 6.07) is 7.20. The molecule has 1 amide bonds. The van der Waals surface area contributed by atoms with Gasteiger partial charge in [-0.05, 0) is 36.8 Å². The summed E-state index contributed by atoms with van der Waals surface area (Å²) in [7, 11) is 0. The number of alkyl halides is 3. The number of hydrogen-bond donors (Lipinski definition) is 0. The minimum absolute atomic E-state index is 0.0322. The molecule has 1 saturated heterocycles. The number of nitrogens with zero attached hydrogens (tertiary/aromatic N) is 5. The maximum absolute atomic E-state index is 13.8. The Kier molecular flexibility index (Phi) is 5.00. The van der Waals surface area contributed by atoms with Gasteiger partial charge in [0.25, 0.3) is 5.91 Å². The predicted molar refractivity (Wildman–Crippen MR) is 110 cm³/mol. The van der Waals surface area contributed by atoms with E-state index in [9.17, 15) is 18.0 Å². The van der Waals surface area contributed by atoms with Crippen molar-refractivity contribution in [1.82, 2.24) is 24.7 Å². The standard InChI is InChI=1S/C21H18F3N5O2S/c1-2-12-9-16(31-27-12)15-5-3-7-28(15)20(30)14-11-19-25-13(17-6-4-8-32-17)10-18(21(22,23)24)29(19)26-14/h4,6,8-11,15H,2-3,5,7H2,1H3/t15-/m0/s1. The lowest BCUT2D eigenvalue weighted by molar-refractivity contribution is -0.142. The predicted octanol–water partition coefficient (Wildman–Crippen LogP) is 5.00. The van der Waals surface area contributed by atoms with E-state index in [4.69, 9.17) is 4.52 Å². The van der Waals surface area contributed by atoms with Crippen molar-refractivity contribution in [3.05, 3.63) is 58.6 Å². The van der Waals surface area contributed by atoms with E-state index in [0.29, 0.717) is 34.5 Å². The number of fused-ring (bicyclic) bond motifs is 1. The Morgan fingerprint density at radius 2 is 2.16 bits per heavy atom. The first-order valence-corrected chi connectivity index (χ1v) is 11.0. The second-order valence-corrected chi connectivity index (χ2v) is 8.48. The number of hydrogen-bond acceptors (Lipinski definition) is 6. The van der Waals surface area contributed by atoms with Crippen molar-refractivity contribution in [1.29, 1.82) is 0 Å². The molecule has 1 aliphatic rings. The Balaban J connectivity index is 1.54. The van der Waals surface area contributed by atoms with Crippen LogP contribution in [0.2, 0.25) is 0 Å². The zero-order valence-corrected chi connectivity index (χ0v) is 17.8. The van der Waals surface area contributed by atoms with Crippen LogP contribution >= 0.6 is 11.3 Å². The molecule has 0 spiro atoms. The highest BCUT2D eigenvalue weighted by atomic mass is 32.1. The summed E-state index contributed by atoms with van der Waals surface area (Å²) in [5, 5.41) is 9.75. The topological polar surface area (TPSA) is 76.5 Å². The van der Waals surface area contributed by atoms with Crippen molar-refractivity contribution in [2.75, 3.05) is 6.54 Å². The third-order valence-electron chi connectivity index (χ3n) is 5.49. The molecule has 1 fully saturated rings. The van der Waals surface area contributed by atoms with Crippen LogP contribution in [0.5, 0.6) is 0 Å². The number of amides is 1. The van der Waals surface area contributed by atoms with Crippen LogP contribution in [0, 0.1) is 0 Å². The van der Waals surface area contributed by atoms with Crippen molar-refractivity contribution in [2.45, 2.75) is 38.4 Å². The van der Waals surface area contributed by atoms with Crippen LogP contribution in [0.25, 0.3) is 16.2 Å². The second kappa shape index (κ2) is 7.73. The molecule has 1 atom stereocenters. The van der Waals surface area contributed by atoms with Crippen LogP contribution in [0.1, 0.15) is 53.4 Å². The first-order chi connectivity index (χ1) is 15.3. The Bertz CT molecular complexity index is 1280. The largest absolute Gasteiger partial charge is 0.433 e. The fourth-order valence-electron chi connectivity index (χ4n) is 3.94. The Labute approximate surface area is 184 Å². The minimum atomic E-state index is -4.66. The van der Waals surface area contributed by atoms with Crippen LogP contribution in [-0.2, 0) is 12.6 Å². The average molecular weight is 461 g/mol. The maximum Gasteiger partial charge on any atom is 0.433 e. The normalized spacial score (nSPS) is 16.9. The highest BCUT2D eigenvalue weighted by Gasteiger charge is 2.38. The van der Waals surface area contributed by atoms with Gasteiger partial charge in [-0.15, -0.1) is 11.3 Å². The van der Waals surface area contributed by atoms with E-state index < -0.39 is 17.8 Å². The summed E-state index contributed by atoms with van der Waals surface area (Å²) in [4.78, 5) is 19.7. The lowest BCUT2D eigenvalue weighted by Crippen LogP contribution is -2.30. The lowest BCUT2D eigenvalue weighted by atomic mass is 10.1. The molecule has 7 nitrogen and oxygen atoms in total. The molecule has 0 aromatic carbocycles. The molecule has 11 heteroatoms. The van der Waals surface area contributed by atoms with E-state index in [2.05, 4.69) is 15.2 Å². The van der Waals surface area contributed by atoms with E-state index in [-0.39, 0.29) is 23.1 Å². The molecule has 0 saturated carbocycles. The fraction of sp³-hybridized carbons (Fsp3) is 0.333. The van der Waals surface area contributed by atoms with Gasteiger partial charge in [0.05, 0.1) is 22.3 Å². The summed E-state index contributed by atoms with van der Waals surface area (Å²) < 4.78 is 47.4. The third-order valence-corrected chi connectivity index (χ3v) is 6.38. The molecule has 5 rings (SSSR count). The summed E-state index contributed by atoms with van der Waals surface area (Å²) in [5.41, 5.74) is -0.131. The van der Waals surface area contributed by atoms with Crippen LogP contribution in [-0.4, -0.2) is 37.1 Å². The number of halogens is 3. The average Bonchev–Trinajstić information content (AvgIpc) is 3.56. The molecule has 0 bridgehead atoms. The number of aromatic nitrogens is 4. The highest BCUT2D eigenvalue weighted by Crippen LogP contribution is 2.35. The molecule has 1 aliphatic heterocycles. The quantitative estimate of drug-likeness (QED) is 0.427. The number of thiophene rings is 1. The Morgan fingerprint density at radius 1 is 1.31 bits per heavy atom. The van der Waals surface area contributed by atoms with Gasteiger partial charge in [-0.2, -0.15) is 18.3 Å². The van der Waals surface area contributed by atoms with Crippen LogP contribution < -0.4 is 0 Å². The summed E-state index contributed by atoms with van der Waals surface area (Å²) >= 11 is 1.29. The van der Waals surface area contributed by atoms with Crippen molar-refractivity contribution in [2.24, 2.45) is 0 Å². The first kappa shape index (κ1) is 20.7. The molecule has 0 unspecified atom stereocenters. The van der Waals surface area contributed by atoms with Crippen molar-refractivity contribution < 1.29 is 22.5 Å². The van der Waals surface area contributed by atoms with Gasteiger partial charge in [-0.25, -0.2) is 9.50 Å². The fourth-order valence-corrected chi connectivity index (χ4v) is 4.62. The number of aryl methyl sites for hydroxylation is 1. The monoisotopic (exact) mass is 461 g/mol. The molecule has 0 aliphatic carbocycles. The van der Waals surface area contributed by atoms with E-state index in [0.717, 1.165) is 18.2 Å². The van der Waals surface area contributed by atoms with Gasteiger partial charge in [0.15, 0.2) is 22.8 Å². The number of carbonyl (C=O) groups is 1. The van der Waals surface area contributed by atoms with Gasteiger partial charge in [-0.1, -0.05) is 18.1 Å². The lowest BCUT2D eigenvalue weighted by Gasteiger charge is -2.21. The first-order valence-electron chi connectivity index (χ1n) is 10.1. The summed E-state index contributed by atoms with van der Waals surface area (Å²) in [6.07, 6.45) is -2.52. The number of rotatable bonds is 4. The molecule has 32 heavy (non-hydrogen) atoms. The second-order valence-electron chi connectivity index (χ2n) is 7.53. The highest BCUT2D eigenvalue weighted by molar-refractivity contribution is 7.13. The molecule has 5 heterocycles. The van der Waals surface area contributed by atoms with E-state index in [1.165, 1.54) is 17.4 Å². The Hall–Kier alpha value is -3.21. The van der Waals surface area contributed by atoms with Crippen molar-refractivity contribution in [3.63, 3.8) is 0 Å². The third kappa shape index (κ3) is 3.56. The van der Waals surface area contributed by atoms with Gasteiger partial charge < -0.3 is 9.42 Å². The van der Waals surface area contributed by atoms with Crippen LogP contribution in [0.4, 0.5) is 13.2 Å². The van der Waals surface area contributed by atoms with Crippen LogP contribution in [0.3, 0.4) is 0 Å². The smallest absolute Gasteiger partial charge is 0.359 e. The SMILES string of the molecule is CCc1cc([C@@H]2CCCN2C(=O)c2cc3nc(-c4cccs4)cc(C(F)(F)F)n3n2)on1. The minimum Gasteiger partial charge on any atom is -0.359 e. The molecule has 4 aromatic rings. The maximum atomic E-state index is 13.8. The number of likely N-dealkylation sites (tertiary alicyclic amines) is 1. The van der Waals surface area contributed by atoms with Gasteiger partial charge in [-0.3, -0.25) is 4.79 Å². The molecule has 4 aromatic heterocycles. The molecule has 0 N–H and O–H groups in total. The molecule has 166 valence electrons.